The number of hydrogen-bond donors (Lipinski definition) is 1. The summed E-state index contributed by atoms with van der Waals surface area (Å²) in [5.74, 6) is 0.347. The van der Waals surface area contributed by atoms with E-state index in [0.29, 0.717) is 21.5 Å². The lowest BCUT2D eigenvalue weighted by Gasteiger charge is -2.15. The van der Waals surface area contributed by atoms with Crippen LogP contribution in [0.1, 0.15) is 12.5 Å². The predicted octanol–water partition coefficient (Wildman–Crippen LogP) is 4.71. The highest BCUT2D eigenvalue weighted by molar-refractivity contribution is 6.44. The molecule has 0 bridgehead atoms. The number of hydrogen-bond acceptors (Lipinski definition) is 2. The molecular formula is C16H15Cl2NO2. The molecule has 0 radical (unpaired) electrons. The summed E-state index contributed by atoms with van der Waals surface area (Å²) in [5, 5.41) is 3.41. The molecule has 0 saturated carbocycles. The molecule has 1 amide bonds. The molecule has 0 fully saturated rings. The molecule has 0 aliphatic carbocycles. The molecule has 0 aliphatic heterocycles. The molecule has 0 saturated heterocycles. The van der Waals surface area contributed by atoms with Gasteiger partial charge in [0.25, 0.3) is 5.91 Å². The van der Waals surface area contributed by atoms with Crippen molar-refractivity contribution in [2.75, 3.05) is 5.32 Å². The lowest BCUT2D eigenvalue weighted by molar-refractivity contribution is -0.122. The second kappa shape index (κ2) is 6.83. The van der Waals surface area contributed by atoms with Crippen LogP contribution in [0.4, 0.5) is 5.69 Å². The van der Waals surface area contributed by atoms with Crippen LogP contribution in [0.25, 0.3) is 0 Å². The molecule has 1 atom stereocenters. The van der Waals surface area contributed by atoms with Gasteiger partial charge in [-0.2, -0.15) is 0 Å². The van der Waals surface area contributed by atoms with Crippen molar-refractivity contribution >= 4 is 34.8 Å². The Balaban J connectivity index is 2.02. The van der Waals surface area contributed by atoms with Gasteiger partial charge in [0, 0.05) is 0 Å². The first-order valence-corrected chi connectivity index (χ1v) is 7.21. The Hall–Kier alpha value is -1.71. The maximum Gasteiger partial charge on any atom is 0.265 e. The van der Waals surface area contributed by atoms with E-state index in [9.17, 15) is 4.79 Å². The van der Waals surface area contributed by atoms with Gasteiger partial charge in [0.1, 0.15) is 5.75 Å². The SMILES string of the molecule is Cc1ccc(OC(C)C(=O)Nc2cccc(Cl)c2Cl)cc1. The highest BCUT2D eigenvalue weighted by Gasteiger charge is 2.16. The summed E-state index contributed by atoms with van der Waals surface area (Å²) in [7, 11) is 0. The Morgan fingerprint density at radius 2 is 1.81 bits per heavy atom. The largest absolute Gasteiger partial charge is 0.481 e. The van der Waals surface area contributed by atoms with E-state index in [1.807, 2.05) is 31.2 Å². The average molecular weight is 324 g/mol. The highest BCUT2D eigenvalue weighted by Crippen LogP contribution is 2.29. The number of aryl methyl sites for hydroxylation is 1. The number of anilines is 1. The van der Waals surface area contributed by atoms with Gasteiger partial charge < -0.3 is 10.1 Å². The minimum atomic E-state index is -0.650. The second-order valence-electron chi connectivity index (χ2n) is 4.66. The van der Waals surface area contributed by atoms with Crippen LogP contribution in [-0.2, 0) is 4.79 Å². The third-order valence-electron chi connectivity index (χ3n) is 2.91. The number of amides is 1. The van der Waals surface area contributed by atoms with Gasteiger partial charge in [0.2, 0.25) is 0 Å². The van der Waals surface area contributed by atoms with Crippen molar-refractivity contribution in [1.82, 2.24) is 0 Å². The third kappa shape index (κ3) is 4.13. The lowest BCUT2D eigenvalue weighted by atomic mass is 10.2. The van der Waals surface area contributed by atoms with Crippen molar-refractivity contribution in [3.8, 4) is 5.75 Å². The van der Waals surface area contributed by atoms with Crippen LogP contribution >= 0.6 is 23.2 Å². The molecule has 1 unspecified atom stereocenters. The van der Waals surface area contributed by atoms with E-state index in [0.717, 1.165) is 5.56 Å². The lowest BCUT2D eigenvalue weighted by Crippen LogP contribution is -2.30. The molecule has 0 aliphatic rings. The summed E-state index contributed by atoms with van der Waals surface area (Å²) in [6.45, 7) is 3.66. The first-order chi connectivity index (χ1) is 9.97. The fraction of sp³-hybridized carbons (Fsp3) is 0.188. The Morgan fingerprint density at radius 3 is 2.48 bits per heavy atom. The van der Waals surface area contributed by atoms with E-state index in [1.54, 1.807) is 25.1 Å². The summed E-state index contributed by atoms with van der Waals surface area (Å²) < 4.78 is 5.59. The molecule has 3 nitrogen and oxygen atoms in total. The topological polar surface area (TPSA) is 38.3 Å². The van der Waals surface area contributed by atoms with Crippen molar-refractivity contribution in [2.24, 2.45) is 0 Å². The molecule has 2 aromatic rings. The van der Waals surface area contributed by atoms with Crippen LogP contribution in [0.15, 0.2) is 42.5 Å². The van der Waals surface area contributed by atoms with Gasteiger partial charge in [0.15, 0.2) is 6.10 Å². The number of ether oxygens (including phenoxy) is 1. The zero-order valence-electron chi connectivity index (χ0n) is 11.7. The van der Waals surface area contributed by atoms with Crippen LogP contribution in [0.2, 0.25) is 10.0 Å². The molecular weight excluding hydrogens is 309 g/mol. The number of rotatable bonds is 4. The number of carbonyl (C=O) groups excluding carboxylic acids is 1. The normalized spacial score (nSPS) is 11.8. The molecule has 0 aromatic heterocycles. The maximum absolute atomic E-state index is 12.1. The van der Waals surface area contributed by atoms with Crippen molar-refractivity contribution < 1.29 is 9.53 Å². The summed E-state index contributed by atoms with van der Waals surface area (Å²) in [6, 6.07) is 12.6. The number of nitrogens with one attached hydrogen (secondary N) is 1. The molecule has 2 aromatic carbocycles. The summed E-state index contributed by atoms with van der Waals surface area (Å²) in [5.41, 5.74) is 1.60. The van der Waals surface area contributed by atoms with Crippen LogP contribution < -0.4 is 10.1 Å². The first-order valence-electron chi connectivity index (χ1n) is 6.45. The van der Waals surface area contributed by atoms with Gasteiger partial charge in [0.05, 0.1) is 15.7 Å². The van der Waals surface area contributed by atoms with Crippen LogP contribution in [-0.4, -0.2) is 12.0 Å². The Labute approximate surface area is 133 Å². The molecule has 2 rings (SSSR count). The van der Waals surface area contributed by atoms with E-state index >= 15 is 0 Å². The fourth-order valence-electron chi connectivity index (χ4n) is 1.71. The zero-order valence-corrected chi connectivity index (χ0v) is 13.2. The van der Waals surface area contributed by atoms with Gasteiger partial charge >= 0.3 is 0 Å². The van der Waals surface area contributed by atoms with Crippen LogP contribution in [0.3, 0.4) is 0 Å². The van der Waals surface area contributed by atoms with Crippen LogP contribution in [0.5, 0.6) is 5.75 Å². The van der Waals surface area contributed by atoms with Gasteiger partial charge in [-0.05, 0) is 38.1 Å². The molecule has 0 spiro atoms. The van der Waals surface area contributed by atoms with Crippen molar-refractivity contribution in [3.63, 3.8) is 0 Å². The first kappa shape index (κ1) is 15.7. The molecule has 1 N–H and O–H groups in total. The third-order valence-corrected chi connectivity index (χ3v) is 3.73. The quantitative estimate of drug-likeness (QED) is 0.885. The van der Waals surface area contributed by atoms with E-state index in [2.05, 4.69) is 5.32 Å². The van der Waals surface area contributed by atoms with E-state index in [1.165, 1.54) is 0 Å². The summed E-state index contributed by atoms with van der Waals surface area (Å²) >= 11 is 11.9. The molecule has 21 heavy (non-hydrogen) atoms. The summed E-state index contributed by atoms with van der Waals surface area (Å²) in [4.78, 5) is 12.1. The van der Waals surface area contributed by atoms with Crippen molar-refractivity contribution in [3.05, 3.63) is 58.1 Å². The van der Waals surface area contributed by atoms with E-state index in [4.69, 9.17) is 27.9 Å². The number of benzene rings is 2. The van der Waals surface area contributed by atoms with E-state index < -0.39 is 6.10 Å². The van der Waals surface area contributed by atoms with Gasteiger partial charge in [-0.1, -0.05) is 47.0 Å². The molecule has 0 heterocycles. The van der Waals surface area contributed by atoms with Crippen LogP contribution in [0, 0.1) is 6.92 Å². The highest BCUT2D eigenvalue weighted by atomic mass is 35.5. The zero-order chi connectivity index (χ0) is 15.4. The number of carbonyl (C=O) groups is 1. The maximum atomic E-state index is 12.1. The molecule has 5 heteroatoms. The van der Waals surface area contributed by atoms with Crippen molar-refractivity contribution in [1.29, 1.82) is 0 Å². The molecule has 110 valence electrons. The smallest absolute Gasteiger partial charge is 0.265 e. The number of halogens is 2. The predicted molar refractivity (Wildman–Crippen MR) is 86.4 cm³/mol. The Bertz CT molecular complexity index is 641. The van der Waals surface area contributed by atoms with Crippen molar-refractivity contribution in [2.45, 2.75) is 20.0 Å². The van der Waals surface area contributed by atoms with E-state index in [-0.39, 0.29) is 5.91 Å². The minimum absolute atomic E-state index is 0.292. The Morgan fingerprint density at radius 1 is 1.14 bits per heavy atom. The fourth-order valence-corrected chi connectivity index (χ4v) is 2.06. The second-order valence-corrected chi connectivity index (χ2v) is 5.45. The minimum Gasteiger partial charge on any atom is -0.481 e. The summed E-state index contributed by atoms with van der Waals surface area (Å²) in [6.07, 6.45) is -0.650. The van der Waals surface area contributed by atoms with Gasteiger partial charge in [-0.3, -0.25) is 4.79 Å². The van der Waals surface area contributed by atoms with Gasteiger partial charge in [-0.25, -0.2) is 0 Å². The Kier molecular flexibility index (Phi) is 5.10. The monoisotopic (exact) mass is 323 g/mol. The van der Waals surface area contributed by atoms with Gasteiger partial charge in [-0.15, -0.1) is 0 Å². The average Bonchev–Trinajstić information content (AvgIpc) is 2.46. The standard InChI is InChI=1S/C16H15Cl2NO2/c1-10-6-8-12(9-7-10)21-11(2)16(20)19-14-5-3-4-13(17)15(14)18/h3-9,11H,1-2H3,(H,19,20).